The number of H-pyrrole nitrogens is 1. The molecule has 0 fully saturated rings. The van der Waals surface area contributed by atoms with Gasteiger partial charge in [-0.05, 0) is 42.9 Å². The first-order valence-electron chi connectivity index (χ1n) is 6.25. The lowest BCUT2D eigenvalue weighted by Gasteiger charge is -2.24. The van der Waals surface area contributed by atoms with E-state index in [1.165, 1.54) is 0 Å². The molecule has 1 aromatic carbocycles. The number of hydrogen-bond donors (Lipinski definition) is 2. The summed E-state index contributed by atoms with van der Waals surface area (Å²) in [5, 5.41) is 11.7. The molecule has 1 aliphatic rings. The number of rotatable bonds is 2. The summed E-state index contributed by atoms with van der Waals surface area (Å²) in [4.78, 5) is 3.19. The first-order chi connectivity index (χ1) is 8.36. The summed E-state index contributed by atoms with van der Waals surface area (Å²) in [7, 11) is 0. The van der Waals surface area contributed by atoms with E-state index in [0.29, 0.717) is 5.92 Å². The van der Waals surface area contributed by atoms with Crippen molar-refractivity contribution in [2.75, 3.05) is 0 Å². The molecule has 1 heterocycles. The fourth-order valence-corrected chi connectivity index (χ4v) is 2.73. The highest BCUT2D eigenvalue weighted by Gasteiger charge is 2.22. The summed E-state index contributed by atoms with van der Waals surface area (Å²) in [6.07, 6.45) is 9.14. The molecule has 2 atom stereocenters. The van der Waals surface area contributed by atoms with Crippen LogP contribution in [0.25, 0.3) is 10.9 Å². The van der Waals surface area contributed by atoms with Crippen molar-refractivity contribution in [3.8, 4) is 0 Å². The number of aromatic nitrogens is 1. The molecule has 17 heavy (non-hydrogen) atoms. The molecule has 0 spiro atoms. The quantitative estimate of drug-likeness (QED) is 0.756. The van der Waals surface area contributed by atoms with E-state index in [9.17, 15) is 5.11 Å². The monoisotopic (exact) mass is 227 g/mol. The van der Waals surface area contributed by atoms with Crippen LogP contribution in [0.1, 0.15) is 30.9 Å². The van der Waals surface area contributed by atoms with Gasteiger partial charge in [0.25, 0.3) is 0 Å². The zero-order chi connectivity index (χ0) is 11.7. The van der Waals surface area contributed by atoms with Crippen LogP contribution >= 0.6 is 0 Å². The van der Waals surface area contributed by atoms with Crippen LogP contribution in [0.15, 0.2) is 42.6 Å². The van der Waals surface area contributed by atoms with Gasteiger partial charge in [-0.3, -0.25) is 0 Å². The molecule has 2 N–H and O–H groups in total. The van der Waals surface area contributed by atoms with E-state index in [1.807, 2.05) is 30.5 Å². The van der Waals surface area contributed by atoms with Gasteiger partial charge in [0.2, 0.25) is 0 Å². The summed E-state index contributed by atoms with van der Waals surface area (Å²) in [5.41, 5.74) is 2.16. The van der Waals surface area contributed by atoms with Crippen LogP contribution in [0.4, 0.5) is 0 Å². The van der Waals surface area contributed by atoms with Gasteiger partial charge in [-0.25, -0.2) is 0 Å². The molecule has 0 bridgehead atoms. The zero-order valence-electron chi connectivity index (χ0n) is 9.76. The predicted octanol–water partition coefficient (Wildman–Crippen LogP) is 3.56. The second kappa shape index (κ2) is 4.38. The molecule has 2 nitrogen and oxygen atoms in total. The Kier molecular flexibility index (Phi) is 2.73. The second-order valence-corrected chi connectivity index (χ2v) is 4.78. The topological polar surface area (TPSA) is 36.0 Å². The lowest BCUT2D eigenvalue weighted by atomic mass is 9.85. The third kappa shape index (κ3) is 1.89. The minimum Gasteiger partial charge on any atom is -0.388 e. The van der Waals surface area contributed by atoms with E-state index in [4.69, 9.17) is 0 Å². The van der Waals surface area contributed by atoms with Crippen LogP contribution in [0.3, 0.4) is 0 Å². The fraction of sp³-hybridized carbons (Fsp3) is 0.333. The Bertz CT molecular complexity index is 541. The Morgan fingerprint density at radius 3 is 3.00 bits per heavy atom. The summed E-state index contributed by atoms with van der Waals surface area (Å²) in [5.74, 6) is 0.362. The van der Waals surface area contributed by atoms with Crippen LogP contribution in [-0.2, 0) is 0 Å². The highest BCUT2D eigenvalue weighted by atomic mass is 16.3. The number of fused-ring (bicyclic) bond motifs is 1. The number of hydrogen-bond acceptors (Lipinski definition) is 1. The molecule has 1 aliphatic carbocycles. The molecular weight excluding hydrogens is 210 g/mol. The van der Waals surface area contributed by atoms with Gasteiger partial charge in [0.15, 0.2) is 0 Å². The van der Waals surface area contributed by atoms with Gasteiger partial charge in [0.05, 0.1) is 6.10 Å². The maximum atomic E-state index is 10.5. The Balaban J connectivity index is 1.97. The molecule has 2 heteroatoms. The number of aromatic amines is 1. The zero-order valence-corrected chi connectivity index (χ0v) is 9.76. The normalized spacial score (nSPS) is 21.8. The first-order valence-corrected chi connectivity index (χ1v) is 6.25. The van der Waals surface area contributed by atoms with Crippen LogP contribution in [0.5, 0.6) is 0 Å². The lowest BCUT2D eigenvalue weighted by molar-refractivity contribution is 0.104. The minimum absolute atomic E-state index is 0.348. The van der Waals surface area contributed by atoms with Crippen molar-refractivity contribution in [2.24, 2.45) is 5.92 Å². The third-order valence-electron chi connectivity index (χ3n) is 3.70. The fourth-order valence-electron chi connectivity index (χ4n) is 2.73. The average molecular weight is 227 g/mol. The minimum atomic E-state index is -0.348. The van der Waals surface area contributed by atoms with Gasteiger partial charge in [0.1, 0.15) is 0 Å². The van der Waals surface area contributed by atoms with E-state index in [0.717, 1.165) is 35.7 Å². The molecule has 0 amide bonds. The summed E-state index contributed by atoms with van der Waals surface area (Å²) in [6, 6.07) is 8.15. The van der Waals surface area contributed by atoms with Gasteiger partial charge >= 0.3 is 0 Å². The Morgan fingerprint density at radius 1 is 1.24 bits per heavy atom. The van der Waals surface area contributed by atoms with Crippen molar-refractivity contribution in [1.29, 1.82) is 0 Å². The van der Waals surface area contributed by atoms with E-state index in [1.54, 1.807) is 0 Å². The summed E-state index contributed by atoms with van der Waals surface area (Å²) < 4.78 is 0. The summed E-state index contributed by atoms with van der Waals surface area (Å²) >= 11 is 0. The molecule has 0 radical (unpaired) electrons. The van der Waals surface area contributed by atoms with Crippen molar-refractivity contribution in [2.45, 2.75) is 25.4 Å². The standard InChI is InChI=1S/C15H17NO/c17-15(11-5-2-1-3-6-11)13-7-4-8-14-12(13)9-10-16-14/h1-2,4,7-11,15-17H,3,5-6H2. The maximum Gasteiger partial charge on any atom is 0.0827 e. The van der Waals surface area contributed by atoms with Crippen molar-refractivity contribution in [3.05, 3.63) is 48.2 Å². The summed E-state index contributed by atoms with van der Waals surface area (Å²) in [6.45, 7) is 0. The number of allylic oxidation sites excluding steroid dienone is 2. The molecule has 2 unspecified atom stereocenters. The number of nitrogens with one attached hydrogen (secondary N) is 1. The van der Waals surface area contributed by atoms with Crippen LogP contribution in [0.2, 0.25) is 0 Å². The highest BCUT2D eigenvalue weighted by molar-refractivity contribution is 5.83. The lowest BCUT2D eigenvalue weighted by Crippen LogP contribution is -2.14. The van der Waals surface area contributed by atoms with Gasteiger partial charge in [-0.15, -0.1) is 0 Å². The SMILES string of the molecule is OC(c1cccc2[nH]ccc12)C1CC=CCC1. The molecule has 88 valence electrons. The Hall–Kier alpha value is -1.54. The number of benzene rings is 1. The van der Waals surface area contributed by atoms with Gasteiger partial charge in [-0.2, -0.15) is 0 Å². The number of aliphatic hydroxyl groups is 1. The van der Waals surface area contributed by atoms with Crippen molar-refractivity contribution in [1.82, 2.24) is 4.98 Å². The number of aliphatic hydroxyl groups excluding tert-OH is 1. The maximum absolute atomic E-state index is 10.5. The van der Waals surface area contributed by atoms with Crippen molar-refractivity contribution >= 4 is 10.9 Å². The van der Waals surface area contributed by atoms with Gasteiger partial charge < -0.3 is 10.1 Å². The molecule has 0 aliphatic heterocycles. The van der Waals surface area contributed by atoms with E-state index in [-0.39, 0.29) is 6.10 Å². The predicted molar refractivity (Wildman–Crippen MR) is 69.7 cm³/mol. The smallest absolute Gasteiger partial charge is 0.0827 e. The largest absolute Gasteiger partial charge is 0.388 e. The Labute approximate surface area is 101 Å². The first kappa shape index (κ1) is 10.6. The van der Waals surface area contributed by atoms with Gasteiger partial charge in [0, 0.05) is 17.1 Å². The van der Waals surface area contributed by atoms with Crippen LogP contribution in [-0.4, -0.2) is 10.1 Å². The third-order valence-corrected chi connectivity index (χ3v) is 3.70. The Morgan fingerprint density at radius 2 is 2.18 bits per heavy atom. The molecule has 0 saturated heterocycles. The van der Waals surface area contributed by atoms with Crippen LogP contribution < -0.4 is 0 Å². The average Bonchev–Trinajstić information content (AvgIpc) is 2.87. The van der Waals surface area contributed by atoms with E-state index in [2.05, 4.69) is 17.1 Å². The van der Waals surface area contributed by atoms with E-state index < -0.39 is 0 Å². The van der Waals surface area contributed by atoms with Crippen molar-refractivity contribution in [3.63, 3.8) is 0 Å². The van der Waals surface area contributed by atoms with Gasteiger partial charge in [-0.1, -0.05) is 24.3 Å². The molecule has 1 aromatic heterocycles. The van der Waals surface area contributed by atoms with E-state index >= 15 is 0 Å². The molecule has 0 saturated carbocycles. The highest BCUT2D eigenvalue weighted by Crippen LogP contribution is 2.34. The van der Waals surface area contributed by atoms with Crippen molar-refractivity contribution < 1.29 is 5.11 Å². The molecule has 2 aromatic rings. The molecular formula is C15H17NO. The molecule has 3 rings (SSSR count). The van der Waals surface area contributed by atoms with Crippen LogP contribution in [0, 0.1) is 5.92 Å². The second-order valence-electron chi connectivity index (χ2n) is 4.78.